The van der Waals surface area contributed by atoms with Gasteiger partial charge in [0, 0.05) is 10.6 Å². The first kappa shape index (κ1) is 14.5. The highest BCUT2D eigenvalue weighted by atomic mass is 35.5. The van der Waals surface area contributed by atoms with E-state index in [1.54, 1.807) is 23.1 Å². The smallest absolute Gasteiger partial charge is 0.190 e. The quantitative estimate of drug-likeness (QED) is 0.359. The van der Waals surface area contributed by atoms with E-state index in [9.17, 15) is 0 Å². The maximum atomic E-state index is 6.43. The molecule has 0 amide bonds. The van der Waals surface area contributed by atoms with E-state index in [1.165, 1.54) is 34.4 Å². The Morgan fingerprint density at radius 2 is 2.00 bits per heavy atom. The normalized spacial score (nSPS) is 13.7. The predicted octanol–water partition coefficient (Wildman–Crippen LogP) is 5.43. The topological polar surface area (TPSA) is 25.8 Å². The molecule has 0 saturated heterocycles. The van der Waals surface area contributed by atoms with Gasteiger partial charge in [-0.15, -0.1) is 11.3 Å². The average Bonchev–Trinajstić information content (AvgIpc) is 3.06. The van der Waals surface area contributed by atoms with E-state index in [0.29, 0.717) is 5.15 Å². The van der Waals surface area contributed by atoms with Gasteiger partial charge < -0.3 is 0 Å². The van der Waals surface area contributed by atoms with Gasteiger partial charge in [-0.3, -0.25) is 0 Å². The molecule has 0 bridgehead atoms. The molecule has 3 aromatic rings. The van der Waals surface area contributed by atoms with Crippen molar-refractivity contribution in [3.63, 3.8) is 0 Å². The van der Waals surface area contributed by atoms with Crippen molar-refractivity contribution in [3.8, 4) is 0 Å². The Morgan fingerprint density at radius 1 is 1.18 bits per heavy atom. The lowest BCUT2D eigenvalue weighted by Crippen LogP contribution is -1.90. The molecule has 22 heavy (non-hydrogen) atoms. The molecular weight excluding hydrogens is 332 g/mol. The van der Waals surface area contributed by atoms with E-state index >= 15 is 0 Å². The summed E-state index contributed by atoms with van der Waals surface area (Å²) in [4.78, 5) is 11.7. The number of thiophene rings is 1. The molecule has 2 heterocycles. The van der Waals surface area contributed by atoms with Crippen molar-refractivity contribution in [2.45, 2.75) is 37.1 Å². The van der Waals surface area contributed by atoms with Crippen LogP contribution in [0.2, 0.25) is 5.15 Å². The van der Waals surface area contributed by atoms with Crippen LogP contribution in [0.4, 0.5) is 0 Å². The Morgan fingerprint density at radius 3 is 2.82 bits per heavy atom. The van der Waals surface area contributed by atoms with Crippen molar-refractivity contribution >= 4 is 44.9 Å². The zero-order valence-electron chi connectivity index (χ0n) is 12.2. The van der Waals surface area contributed by atoms with E-state index in [1.807, 2.05) is 0 Å². The number of nitrogens with zero attached hydrogens (tertiary/aromatic N) is 2. The van der Waals surface area contributed by atoms with Crippen molar-refractivity contribution < 1.29 is 0 Å². The van der Waals surface area contributed by atoms with Crippen LogP contribution in [0.25, 0.3) is 10.2 Å². The lowest BCUT2D eigenvalue weighted by atomic mass is 10.2. The van der Waals surface area contributed by atoms with Crippen molar-refractivity contribution in [3.05, 3.63) is 51.0 Å². The molecule has 1 aromatic carbocycles. The molecule has 1 aliphatic carbocycles. The van der Waals surface area contributed by atoms with Crippen LogP contribution in [0, 0.1) is 6.92 Å². The van der Waals surface area contributed by atoms with Crippen molar-refractivity contribution in [2.24, 2.45) is 0 Å². The maximum absolute atomic E-state index is 6.43. The lowest BCUT2D eigenvalue weighted by Gasteiger charge is -2.03. The van der Waals surface area contributed by atoms with Crippen LogP contribution in [0.15, 0.2) is 29.4 Å². The highest BCUT2D eigenvalue weighted by molar-refractivity contribution is 7.98. The molecule has 5 heteroatoms. The van der Waals surface area contributed by atoms with Gasteiger partial charge in [-0.1, -0.05) is 53.2 Å². The fraction of sp³-hybridized carbons (Fsp3) is 0.294. The second kappa shape index (κ2) is 5.84. The zero-order chi connectivity index (χ0) is 15.1. The van der Waals surface area contributed by atoms with Gasteiger partial charge in [0.1, 0.15) is 9.98 Å². The van der Waals surface area contributed by atoms with E-state index < -0.39 is 0 Å². The molecular formula is C17H15ClN2S2. The number of aryl methyl sites for hydroxylation is 3. The first-order valence-electron chi connectivity index (χ1n) is 7.37. The number of fused-ring (bicyclic) bond motifs is 3. The number of hydrogen-bond donors (Lipinski definition) is 0. The van der Waals surface area contributed by atoms with Crippen LogP contribution in [-0.2, 0) is 18.6 Å². The molecule has 0 N–H and O–H groups in total. The predicted molar refractivity (Wildman–Crippen MR) is 95.2 cm³/mol. The van der Waals surface area contributed by atoms with Gasteiger partial charge in [-0.2, -0.15) is 0 Å². The summed E-state index contributed by atoms with van der Waals surface area (Å²) in [6.45, 7) is 2.10. The van der Waals surface area contributed by atoms with E-state index in [4.69, 9.17) is 16.6 Å². The molecule has 0 spiro atoms. The minimum absolute atomic E-state index is 0.621. The number of halogens is 1. The molecule has 0 radical (unpaired) electrons. The third-order valence-corrected chi connectivity index (χ3v) is 6.37. The Labute approximate surface area is 142 Å². The number of hydrogen-bond acceptors (Lipinski definition) is 4. The first-order chi connectivity index (χ1) is 10.7. The lowest BCUT2D eigenvalue weighted by molar-refractivity contribution is 0.915. The van der Waals surface area contributed by atoms with Crippen LogP contribution < -0.4 is 0 Å². The van der Waals surface area contributed by atoms with E-state index in [2.05, 4.69) is 36.2 Å². The van der Waals surface area contributed by atoms with Gasteiger partial charge in [0.05, 0.1) is 5.39 Å². The van der Waals surface area contributed by atoms with Crippen molar-refractivity contribution in [1.29, 1.82) is 0 Å². The van der Waals surface area contributed by atoms with Gasteiger partial charge in [-0.25, -0.2) is 9.97 Å². The molecule has 0 saturated carbocycles. The van der Waals surface area contributed by atoms with Crippen molar-refractivity contribution in [1.82, 2.24) is 9.97 Å². The van der Waals surface area contributed by atoms with Gasteiger partial charge >= 0.3 is 0 Å². The molecule has 0 aliphatic heterocycles. The number of benzene rings is 1. The van der Waals surface area contributed by atoms with Crippen LogP contribution in [-0.4, -0.2) is 9.97 Å². The summed E-state index contributed by atoms with van der Waals surface area (Å²) in [7, 11) is 0. The first-order valence-corrected chi connectivity index (χ1v) is 9.55. The maximum Gasteiger partial charge on any atom is 0.190 e. The largest absolute Gasteiger partial charge is 0.211 e. The third-order valence-electron chi connectivity index (χ3n) is 3.99. The Kier molecular flexibility index (Phi) is 3.84. The highest BCUT2D eigenvalue weighted by Crippen LogP contribution is 2.40. The summed E-state index contributed by atoms with van der Waals surface area (Å²) < 4.78 is 0. The molecule has 2 nitrogen and oxygen atoms in total. The molecule has 4 rings (SSSR count). The fourth-order valence-corrected chi connectivity index (χ4v) is 5.34. The van der Waals surface area contributed by atoms with Gasteiger partial charge in [0.25, 0.3) is 0 Å². The fourth-order valence-electron chi connectivity index (χ4n) is 2.83. The summed E-state index contributed by atoms with van der Waals surface area (Å²) in [5, 5.41) is 2.49. The summed E-state index contributed by atoms with van der Waals surface area (Å²) >= 11 is 9.87. The van der Waals surface area contributed by atoms with E-state index in [-0.39, 0.29) is 0 Å². The van der Waals surface area contributed by atoms with Crippen LogP contribution >= 0.6 is 34.7 Å². The second-order valence-corrected chi connectivity index (χ2v) is 7.99. The Balaban J connectivity index is 1.61. The summed E-state index contributed by atoms with van der Waals surface area (Å²) in [6.07, 6.45) is 3.52. The standard InChI is InChI=1S/C17H15ClN2S2/c1-10-5-7-11(8-6-10)9-21-17-19-15(18)14-12-3-2-4-13(12)22-16(14)20-17/h5-8H,2-4,9H2,1H3. The van der Waals surface area contributed by atoms with Crippen LogP contribution in [0.3, 0.4) is 0 Å². The van der Waals surface area contributed by atoms with Crippen LogP contribution in [0.5, 0.6) is 0 Å². The Hall–Kier alpha value is -1.10. The molecule has 0 atom stereocenters. The van der Waals surface area contributed by atoms with Crippen LogP contribution in [0.1, 0.15) is 28.0 Å². The number of aromatic nitrogens is 2. The zero-order valence-corrected chi connectivity index (χ0v) is 14.6. The number of rotatable bonds is 3. The molecule has 0 fully saturated rings. The van der Waals surface area contributed by atoms with Gasteiger partial charge in [-0.05, 0) is 37.3 Å². The minimum atomic E-state index is 0.621. The van der Waals surface area contributed by atoms with Gasteiger partial charge in [0.2, 0.25) is 0 Å². The SMILES string of the molecule is Cc1ccc(CSc2nc(Cl)c3c4c(sc3n2)CCC4)cc1. The molecule has 0 unspecified atom stereocenters. The molecule has 2 aromatic heterocycles. The molecule has 1 aliphatic rings. The highest BCUT2D eigenvalue weighted by Gasteiger charge is 2.21. The van der Waals surface area contributed by atoms with Gasteiger partial charge in [0.15, 0.2) is 5.16 Å². The Bertz CT molecular complexity index is 840. The minimum Gasteiger partial charge on any atom is -0.211 e. The van der Waals surface area contributed by atoms with E-state index in [0.717, 1.165) is 27.5 Å². The summed E-state index contributed by atoms with van der Waals surface area (Å²) in [5.74, 6) is 0.868. The summed E-state index contributed by atoms with van der Waals surface area (Å²) in [5.41, 5.74) is 3.95. The summed E-state index contributed by atoms with van der Waals surface area (Å²) in [6, 6.07) is 8.58. The third kappa shape index (κ3) is 2.64. The van der Waals surface area contributed by atoms with Crippen molar-refractivity contribution in [2.75, 3.05) is 0 Å². The monoisotopic (exact) mass is 346 g/mol. The molecule has 112 valence electrons. The second-order valence-electron chi connectivity index (χ2n) is 5.61. The number of thioether (sulfide) groups is 1. The average molecular weight is 347 g/mol.